The van der Waals surface area contributed by atoms with Gasteiger partial charge in [-0.15, -0.1) is 0 Å². The van der Waals surface area contributed by atoms with Gasteiger partial charge in [0, 0.05) is 18.4 Å². The minimum Gasteiger partial charge on any atom is -0.328 e. The first-order valence-corrected chi connectivity index (χ1v) is 4.34. The van der Waals surface area contributed by atoms with Gasteiger partial charge in [0.25, 0.3) is 0 Å². The third-order valence-corrected chi connectivity index (χ3v) is 1.82. The molecule has 0 amide bonds. The number of aryl methyl sites for hydroxylation is 2. The van der Waals surface area contributed by atoms with Crippen molar-refractivity contribution in [2.45, 2.75) is 32.7 Å². The maximum absolute atomic E-state index is 5.66. The predicted molar refractivity (Wildman–Crippen MR) is 50.9 cm³/mol. The lowest BCUT2D eigenvalue weighted by molar-refractivity contribution is 0.665. The smallest absolute Gasteiger partial charge is 0.0300 e. The molecular weight excluding hydrogens is 148 g/mol. The molecule has 2 nitrogen and oxygen atoms in total. The molecule has 1 aromatic heterocycles. The molecule has 0 saturated heterocycles. The Bertz CT molecular complexity index is 243. The molecule has 2 N–H and O–H groups in total. The van der Waals surface area contributed by atoms with Crippen LogP contribution >= 0.6 is 0 Å². The summed E-state index contributed by atoms with van der Waals surface area (Å²) in [5, 5.41) is 0. The Labute approximate surface area is 73.8 Å². The van der Waals surface area contributed by atoms with E-state index < -0.39 is 0 Å². The van der Waals surface area contributed by atoms with Crippen molar-refractivity contribution in [3.63, 3.8) is 0 Å². The van der Waals surface area contributed by atoms with E-state index in [9.17, 15) is 0 Å². The first-order chi connectivity index (χ1) is 5.68. The second-order valence-corrected chi connectivity index (χ2v) is 3.39. The number of nitrogens with zero attached hydrogens (tertiary/aromatic N) is 1. The summed E-state index contributed by atoms with van der Waals surface area (Å²) in [6.45, 7) is 4.09. The Hall–Kier alpha value is -0.890. The molecule has 66 valence electrons. The Morgan fingerprint density at radius 1 is 1.50 bits per heavy atom. The van der Waals surface area contributed by atoms with Gasteiger partial charge in [0.1, 0.15) is 0 Å². The van der Waals surface area contributed by atoms with Crippen LogP contribution in [0.25, 0.3) is 0 Å². The van der Waals surface area contributed by atoms with Crippen LogP contribution in [0.3, 0.4) is 0 Å². The highest BCUT2D eigenvalue weighted by Gasteiger charge is 1.97. The third kappa shape index (κ3) is 3.01. The molecule has 0 aromatic carbocycles. The van der Waals surface area contributed by atoms with Crippen LogP contribution in [-0.4, -0.2) is 11.0 Å². The lowest BCUT2D eigenvalue weighted by Crippen LogP contribution is -2.15. The topological polar surface area (TPSA) is 38.9 Å². The van der Waals surface area contributed by atoms with E-state index in [1.54, 1.807) is 0 Å². The maximum Gasteiger partial charge on any atom is 0.0300 e. The van der Waals surface area contributed by atoms with Gasteiger partial charge in [-0.2, -0.15) is 0 Å². The van der Waals surface area contributed by atoms with Gasteiger partial charge in [-0.3, -0.25) is 4.98 Å². The average Bonchev–Trinajstić information content (AvgIpc) is 2.01. The number of hydrogen-bond donors (Lipinski definition) is 1. The van der Waals surface area contributed by atoms with Crippen molar-refractivity contribution in [3.05, 3.63) is 29.6 Å². The second kappa shape index (κ2) is 4.21. The SMILES string of the molecule is Cc1cncc(CCC(C)N)c1. The highest BCUT2D eigenvalue weighted by Crippen LogP contribution is 2.04. The summed E-state index contributed by atoms with van der Waals surface area (Å²) in [5.41, 5.74) is 8.16. The lowest BCUT2D eigenvalue weighted by atomic mass is 10.1. The van der Waals surface area contributed by atoms with Gasteiger partial charge in [-0.25, -0.2) is 0 Å². The number of rotatable bonds is 3. The van der Waals surface area contributed by atoms with Gasteiger partial charge in [-0.1, -0.05) is 6.07 Å². The van der Waals surface area contributed by atoms with Gasteiger partial charge in [-0.05, 0) is 37.8 Å². The number of aromatic nitrogens is 1. The predicted octanol–water partition coefficient (Wildman–Crippen LogP) is 1.67. The quantitative estimate of drug-likeness (QED) is 0.738. The Kier molecular flexibility index (Phi) is 3.23. The summed E-state index contributed by atoms with van der Waals surface area (Å²) in [6, 6.07) is 2.44. The molecule has 1 aromatic rings. The summed E-state index contributed by atoms with van der Waals surface area (Å²) < 4.78 is 0. The van der Waals surface area contributed by atoms with Crippen molar-refractivity contribution in [2.75, 3.05) is 0 Å². The standard InChI is InChI=1S/C10H16N2/c1-8-5-10(7-12-6-8)4-3-9(2)11/h5-7,9H,3-4,11H2,1-2H3. The van der Waals surface area contributed by atoms with E-state index in [-0.39, 0.29) is 6.04 Å². The Balaban J connectivity index is 2.52. The Morgan fingerprint density at radius 3 is 2.83 bits per heavy atom. The molecule has 1 unspecified atom stereocenters. The number of nitrogens with two attached hydrogens (primary N) is 1. The fraction of sp³-hybridized carbons (Fsp3) is 0.500. The van der Waals surface area contributed by atoms with Crippen LogP contribution in [0.15, 0.2) is 18.5 Å². The van der Waals surface area contributed by atoms with Crippen molar-refractivity contribution >= 4 is 0 Å². The van der Waals surface area contributed by atoms with E-state index >= 15 is 0 Å². The lowest BCUT2D eigenvalue weighted by Gasteiger charge is -2.04. The number of pyridine rings is 1. The molecule has 0 aliphatic rings. The summed E-state index contributed by atoms with van der Waals surface area (Å²) in [4.78, 5) is 4.12. The maximum atomic E-state index is 5.66. The van der Waals surface area contributed by atoms with Crippen LogP contribution < -0.4 is 5.73 Å². The van der Waals surface area contributed by atoms with Crippen LogP contribution in [-0.2, 0) is 6.42 Å². The zero-order chi connectivity index (χ0) is 8.97. The second-order valence-electron chi connectivity index (χ2n) is 3.39. The van der Waals surface area contributed by atoms with Crippen molar-refractivity contribution in [3.8, 4) is 0 Å². The molecule has 1 atom stereocenters. The summed E-state index contributed by atoms with van der Waals surface area (Å²) in [7, 11) is 0. The molecule has 1 heterocycles. The van der Waals surface area contributed by atoms with Crippen LogP contribution in [0.2, 0.25) is 0 Å². The number of hydrogen-bond acceptors (Lipinski definition) is 2. The monoisotopic (exact) mass is 164 g/mol. The molecule has 2 heteroatoms. The average molecular weight is 164 g/mol. The molecule has 0 saturated carbocycles. The van der Waals surface area contributed by atoms with Crippen LogP contribution in [0.4, 0.5) is 0 Å². The van der Waals surface area contributed by atoms with Crippen LogP contribution in [0.1, 0.15) is 24.5 Å². The van der Waals surface area contributed by atoms with Gasteiger partial charge in [0.2, 0.25) is 0 Å². The molecule has 0 aliphatic heterocycles. The van der Waals surface area contributed by atoms with Crippen LogP contribution in [0.5, 0.6) is 0 Å². The summed E-state index contributed by atoms with van der Waals surface area (Å²) in [5.74, 6) is 0. The normalized spacial score (nSPS) is 12.9. The highest BCUT2D eigenvalue weighted by molar-refractivity contribution is 5.16. The van der Waals surface area contributed by atoms with Crippen LogP contribution in [0, 0.1) is 6.92 Å². The Morgan fingerprint density at radius 2 is 2.25 bits per heavy atom. The van der Waals surface area contributed by atoms with Crippen molar-refractivity contribution in [1.82, 2.24) is 4.98 Å². The molecule has 1 rings (SSSR count). The highest BCUT2D eigenvalue weighted by atomic mass is 14.6. The first kappa shape index (κ1) is 9.20. The van der Waals surface area contributed by atoms with Gasteiger partial charge >= 0.3 is 0 Å². The molecule has 12 heavy (non-hydrogen) atoms. The largest absolute Gasteiger partial charge is 0.328 e. The molecular formula is C10H16N2. The third-order valence-electron chi connectivity index (χ3n) is 1.82. The fourth-order valence-electron chi connectivity index (χ4n) is 1.15. The van der Waals surface area contributed by atoms with E-state index in [0.29, 0.717) is 0 Å². The zero-order valence-corrected chi connectivity index (χ0v) is 7.75. The minimum absolute atomic E-state index is 0.283. The summed E-state index contributed by atoms with van der Waals surface area (Å²) >= 11 is 0. The summed E-state index contributed by atoms with van der Waals surface area (Å²) in [6.07, 6.45) is 5.85. The van der Waals surface area contributed by atoms with E-state index in [2.05, 4.69) is 18.0 Å². The minimum atomic E-state index is 0.283. The molecule has 0 bridgehead atoms. The molecule has 0 aliphatic carbocycles. The van der Waals surface area contributed by atoms with Gasteiger partial charge < -0.3 is 5.73 Å². The van der Waals surface area contributed by atoms with E-state index in [4.69, 9.17) is 5.73 Å². The van der Waals surface area contributed by atoms with E-state index in [1.165, 1.54) is 11.1 Å². The molecule has 0 spiro atoms. The van der Waals surface area contributed by atoms with Crippen molar-refractivity contribution < 1.29 is 0 Å². The van der Waals surface area contributed by atoms with Gasteiger partial charge in [0.15, 0.2) is 0 Å². The molecule has 0 fully saturated rings. The first-order valence-electron chi connectivity index (χ1n) is 4.34. The molecule has 0 radical (unpaired) electrons. The van der Waals surface area contributed by atoms with E-state index in [0.717, 1.165) is 12.8 Å². The fourth-order valence-corrected chi connectivity index (χ4v) is 1.15. The van der Waals surface area contributed by atoms with Gasteiger partial charge in [0.05, 0.1) is 0 Å². The van der Waals surface area contributed by atoms with E-state index in [1.807, 2.05) is 19.3 Å². The van der Waals surface area contributed by atoms with Crippen molar-refractivity contribution in [1.29, 1.82) is 0 Å². The zero-order valence-electron chi connectivity index (χ0n) is 7.75. The van der Waals surface area contributed by atoms with Crippen molar-refractivity contribution in [2.24, 2.45) is 5.73 Å².